The van der Waals surface area contributed by atoms with Gasteiger partial charge >= 0.3 is 0 Å². The summed E-state index contributed by atoms with van der Waals surface area (Å²) in [5.74, 6) is 1.36. The second-order valence-corrected chi connectivity index (χ2v) is 4.56. The highest BCUT2D eigenvalue weighted by molar-refractivity contribution is 5.92. The summed E-state index contributed by atoms with van der Waals surface area (Å²) in [6, 6.07) is 11.0. The van der Waals surface area contributed by atoms with Gasteiger partial charge in [-0.25, -0.2) is 0 Å². The second-order valence-electron chi connectivity index (χ2n) is 4.56. The minimum atomic E-state index is -0.108. The number of fused-ring (bicyclic) bond motifs is 1. The number of rotatable bonds is 3. The van der Waals surface area contributed by atoms with Crippen molar-refractivity contribution in [2.24, 2.45) is 0 Å². The van der Waals surface area contributed by atoms with Gasteiger partial charge in [-0.05, 0) is 29.8 Å². The van der Waals surface area contributed by atoms with E-state index in [2.05, 4.69) is 4.98 Å². The summed E-state index contributed by atoms with van der Waals surface area (Å²) >= 11 is 0. The normalized spacial score (nSPS) is 12.2. The SMILES string of the molecule is CN(Cc1ccc2c(c1)OCO2)C(=O)c1ccccn1. The maximum Gasteiger partial charge on any atom is 0.272 e. The predicted octanol–water partition coefficient (Wildman–Crippen LogP) is 2.08. The number of nitrogens with zero attached hydrogens (tertiary/aromatic N) is 2. The molecule has 0 saturated heterocycles. The molecule has 0 N–H and O–H groups in total. The highest BCUT2D eigenvalue weighted by Crippen LogP contribution is 2.32. The molecule has 0 bridgehead atoms. The van der Waals surface area contributed by atoms with E-state index in [0.29, 0.717) is 12.2 Å². The predicted molar refractivity (Wildman–Crippen MR) is 72.6 cm³/mol. The van der Waals surface area contributed by atoms with Crippen molar-refractivity contribution in [3.8, 4) is 11.5 Å². The molecule has 102 valence electrons. The molecule has 20 heavy (non-hydrogen) atoms. The van der Waals surface area contributed by atoms with Gasteiger partial charge in [-0.3, -0.25) is 9.78 Å². The molecule has 0 spiro atoms. The molecule has 3 rings (SSSR count). The molecule has 1 aromatic carbocycles. The minimum absolute atomic E-state index is 0.108. The van der Waals surface area contributed by atoms with E-state index >= 15 is 0 Å². The van der Waals surface area contributed by atoms with E-state index < -0.39 is 0 Å². The number of hydrogen-bond acceptors (Lipinski definition) is 4. The van der Waals surface area contributed by atoms with Crippen molar-refractivity contribution >= 4 is 5.91 Å². The first-order valence-corrected chi connectivity index (χ1v) is 6.29. The van der Waals surface area contributed by atoms with Crippen molar-refractivity contribution in [1.82, 2.24) is 9.88 Å². The van der Waals surface area contributed by atoms with E-state index in [1.807, 2.05) is 18.2 Å². The Bertz CT molecular complexity index is 628. The molecular weight excluding hydrogens is 256 g/mol. The van der Waals surface area contributed by atoms with Gasteiger partial charge in [0.25, 0.3) is 5.91 Å². The van der Waals surface area contributed by atoms with E-state index in [1.54, 1.807) is 36.3 Å². The number of carbonyl (C=O) groups excluding carboxylic acids is 1. The molecule has 1 aliphatic heterocycles. The fraction of sp³-hybridized carbons (Fsp3) is 0.200. The van der Waals surface area contributed by atoms with E-state index in [1.165, 1.54) is 0 Å². The van der Waals surface area contributed by atoms with E-state index in [9.17, 15) is 4.79 Å². The smallest absolute Gasteiger partial charge is 0.272 e. The van der Waals surface area contributed by atoms with Gasteiger partial charge in [-0.2, -0.15) is 0 Å². The van der Waals surface area contributed by atoms with Crippen molar-refractivity contribution in [2.45, 2.75) is 6.54 Å². The third-order valence-corrected chi connectivity index (χ3v) is 3.09. The highest BCUT2D eigenvalue weighted by atomic mass is 16.7. The van der Waals surface area contributed by atoms with Crippen LogP contribution in [0.15, 0.2) is 42.6 Å². The van der Waals surface area contributed by atoms with Crippen LogP contribution >= 0.6 is 0 Å². The lowest BCUT2D eigenvalue weighted by Crippen LogP contribution is -2.26. The van der Waals surface area contributed by atoms with E-state index in [4.69, 9.17) is 9.47 Å². The lowest BCUT2D eigenvalue weighted by atomic mass is 10.2. The van der Waals surface area contributed by atoms with Crippen LogP contribution in [0, 0.1) is 0 Å². The highest BCUT2D eigenvalue weighted by Gasteiger charge is 2.16. The van der Waals surface area contributed by atoms with Gasteiger partial charge in [0.15, 0.2) is 11.5 Å². The van der Waals surface area contributed by atoms with Gasteiger partial charge in [0.05, 0.1) is 0 Å². The Morgan fingerprint density at radius 3 is 2.90 bits per heavy atom. The van der Waals surface area contributed by atoms with Gasteiger partial charge in [-0.1, -0.05) is 12.1 Å². The molecule has 2 aromatic rings. The molecular formula is C15H14N2O3. The molecule has 0 fully saturated rings. The van der Waals surface area contributed by atoms with Crippen LogP contribution in [0.3, 0.4) is 0 Å². The largest absolute Gasteiger partial charge is 0.454 e. The zero-order valence-corrected chi connectivity index (χ0v) is 11.1. The van der Waals surface area contributed by atoms with E-state index in [-0.39, 0.29) is 12.7 Å². The lowest BCUT2D eigenvalue weighted by Gasteiger charge is -2.16. The van der Waals surface area contributed by atoms with Gasteiger partial charge < -0.3 is 14.4 Å². The van der Waals surface area contributed by atoms with Gasteiger partial charge in [0.1, 0.15) is 5.69 Å². The van der Waals surface area contributed by atoms with Crippen molar-refractivity contribution < 1.29 is 14.3 Å². The minimum Gasteiger partial charge on any atom is -0.454 e. The fourth-order valence-electron chi connectivity index (χ4n) is 2.07. The van der Waals surface area contributed by atoms with Crippen LogP contribution in [0.2, 0.25) is 0 Å². The van der Waals surface area contributed by atoms with Gasteiger partial charge in [0, 0.05) is 19.8 Å². The van der Waals surface area contributed by atoms with Crippen molar-refractivity contribution in [3.05, 3.63) is 53.9 Å². The number of amides is 1. The standard InChI is InChI=1S/C15H14N2O3/c1-17(15(18)12-4-2-3-7-16-12)9-11-5-6-13-14(8-11)20-10-19-13/h2-8H,9-10H2,1H3. The van der Waals surface area contributed by atoms with Crippen LogP contribution in [0.1, 0.15) is 16.1 Å². The molecule has 0 aliphatic carbocycles. The maximum atomic E-state index is 12.2. The van der Waals surface area contributed by atoms with E-state index in [0.717, 1.165) is 17.1 Å². The molecule has 0 saturated carbocycles. The molecule has 5 nitrogen and oxygen atoms in total. The van der Waals surface area contributed by atoms with Crippen molar-refractivity contribution in [1.29, 1.82) is 0 Å². The lowest BCUT2D eigenvalue weighted by molar-refractivity contribution is 0.0779. The molecule has 5 heteroatoms. The number of carbonyl (C=O) groups is 1. The van der Waals surface area contributed by atoms with Crippen LogP contribution in [-0.4, -0.2) is 29.6 Å². The Labute approximate surface area is 116 Å². The molecule has 0 unspecified atom stereocenters. The Morgan fingerprint density at radius 2 is 2.10 bits per heavy atom. The summed E-state index contributed by atoms with van der Waals surface area (Å²) in [6.45, 7) is 0.744. The van der Waals surface area contributed by atoms with Crippen LogP contribution in [-0.2, 0) is 6.54 Å². The summed E-state index contributed by atoms with van der Waals surface area (Å²) in [7, 11) is 1.75. The third kappa shape index (κ3) is 2.42. The van der Waals surface area contributed by atoms with Crippen LogP contribution in [0.4, 0.5) is 0 Å². The first-order valence-electron chi connectivity index (χ1n) is 6.29. The van der Waals surface area contributed by atoms with Crippen LogP contribution in [0.5, 0.6) is 11.5 Å². The van der Waals surface area contributed by atoms with Crippen LogP contribution in [0.25, 0.3) is 0 Å². The number of benzene rings is 1. The summed E-state index contributed by atoms with van der Waals surface area (Å²) < 4.78 is 10.6. The first-order chi connectivity index (χ1) is 9.74. The third-order valence-electron chi connectivity index (χ3n) is 3.09. The number of hydrogen-bond donors (Lipinski definition) is 0. The van der Waals surface area contributed by atoms with Gasteiger partial charge in [0.2, 0.25) is 6.79 Å². The maximum absolute atomic E-state index is 12.2. The molecule has 0 atom stereocenters. The number of pyridine rings is 1. The summed E-state index contributed by atoms with van der Waals surface area (Å²) in [4.78, 5) is 17.9. The number of ether oxygens (including phenoxy) is 2. The zero-order valence-electron chi connectivity index (χ0n) is 11.1. The monoisotopic (exact) mass is 270 g/mol. The summed E-state index contributed by atoms with van der Waals surface area (Å²) in [6.07, 6.45) is 1.61. The first kappa shape index (κ1) is 12.5. The summed E-state index contributed by atoms with van der Waals surface area (Å²) in [5.41, 5.74) is 1.43. The van der Waals surface area contributed by atoms with Crippen molar-refractivity contribution in [3.63, 3.8) is 0 Å². The molecule has 1 aromatic heterocycles. The summed E-state index contributed by atoms with van der Waals surface area (Å²) in [5, 5.41) is 0. The van der Waals surface area contributed by atoms with Crippen LogP contribution < -0.4 is 9.47 Å². The molecule has 1 aliphatic rings. The Morgan fingerprint density at radius 1 is 1.25 bits per heavy atom. The Kier molecular flexibility index (Phi) is 3.25. The Hall–Kier alpha value is -2.56. The van der Waals surface area contributed by atoms with Crippen molar-refractivity contribution in [2.75, 3.05) is 13.8 Å². The molecule has 0 radical (unpaired) electrons. The molecule has 1 amide bonds. The Balaban J connectivity index is 1.73. The number of aromatic nitrogens is 1. The fourth-order valence-corrected chi connectivity index (χ4v) is 2.07. The second kappa shape index (κ2) is 5.21. The topological polar surface area (TPSA) is 51.7 Å². The quantitative estimate of drug-likeness (QED) is 0.857. The zero-order chi connectivity index (χ0) is 13.9. The average Bonchev–Trinajstić information content (AvgIpc) is 2.95. The van der Waals surface area contributed by atoms with Gasteiger partial charge in [-0.15, -0.1) is 0 Å². The average molecular weight is 270 g/mol. The molecule has 2 heterocycles.